The maximum atomic E-state index is 11.6. The highest BCUT2D eigenvalue weighted by molar-refractivity contribution is 7.91. The van der Waals surface area contributed by atoms with E-state index in [0.717, 1.165) is 5.56 Å². The summed E-state index contributed by atoms with van der Waals surface area (Å²) in [7, 11) is -3.02. The number of hydrogen-bond acceptors (Lipinski definition) is 5. The molecule has 0 bridgehead atoms. The van der Waals surface area contributed by atoms with Gasteiger partial charge in [-0.1, -0.05) is 0 Å². The molecule has 5 nitrogen and oxygen atoms in total. The van der Waals surface area contributed by atoms with Crippen molar-refractivity contribution in [2.24, 2.45) is 11.0 Å². The minimum Gasteiger partial charge on any atom is -0.273 e. The predicted molar refractivity (Wildman–Crippen MR) is 66.8 cm³/mol. The summed E-state index contributed by atoms with van der Waals surface area (Å²) in [5, 5.41) is 7.60. The largest absolute Gasteiger partial charge is 0.273 e. The van der Waals surface area contributed by atoms with Gasteiger partial charge in [-0.25, -0.2) is 13.8 Å². The van der Waals surface area contributed by atoms with Gasteiger partial charge in [0, 0.05) is 5.56 Å². The second-order valence-corrected chi connectivity index (χ2v) is 6.90. The van der Waals surface area contributed by atoms with Crippen LogP contribution in [-0.4, -0.2) is 32.0 Å². The van der Waals surface area contributed by atoms with Gasteiger partial charge in [0.2, 0.25) is 5.91 Å². The van der Waals surface area contributed by atoms with E-state index in [1.54, 1.807) is 11.3 Å². The third-order valence-electron chi connectivity index (χ3n) is 2.53. The van der Waals surface area contributed by atoms with E-state index in [1.165, 1.54) is 6.21 Å². The number of carbonyl (C=O) groups excluding carboxylic acids is 1. The first-order valence-electron chi connectivity index (χ1n) is 5.12. The Morgan fingerprint density at radius 1 is 1.59 bits per heavy atom. The molecule has 17 heavy (non-hydrogen) atoms. The first kappa shape index (κ1) is 12.3. The first-order valence-corrected chi connectivity index (χ1v) is 7.89. The summed E-state index contributed by atoms with van der Waals surface area (Å²) in [6.45, 7) is 0. The van der Waals surface area contributed by atoms with Gasteiger partial charge in [-0.15, -0.1) is 0 Å². The van der Waals surface area contributed by atoms with Crippen LogP contribution in [0.1, 0.15) is 12.0 Å². The van der Waals surface area contributed by atoms with Crippen LogP contribution in [0.4, 0.5) is 0 Å². The number of hydrazone groups is 1. The van der Waals surface area contributed by atoms with Gasteiger partial charge >= 0.3 is 0 Å². The van der Waals surface area contributed by atoms with Gasteiger partial charge in [0.1, 0.15) is 0 Å². The van der Waals surface area contributed by atoms with Crippen LogP contribution < -0.4 is 5.43 Å². The topological polar surface area (TPSA) is 75.6 Å². The van der Waals surface area contributed by atoms with Crippen molar-refractivity contribution in [3.05, 3.63) is 22.4 Å². The average Bonchev–Trinajstić information content (AvgIpc) is 2.87. The second-order valence-electron chi connectivity index (χ2n) is 3.89. The van der Waals surface area contributed by atoms with Crippen LogP contribution in [0.15, 0.2) is 21.9 Å². The zero-order valence-electron chi connectivity index (χ0n) is 9.00. The van der Waals surface area contributed by atoms with Crippen LogP contribution in [-0.2, 0) is 14.6 Å². The van der Waals surface area contributed by atoms with Gasteiger partial charge in [0.25, 0.3) is 0 Å². The molecule has 1 aliphatic heterocycles. The summed E-state index contributed by atoms with van der Waals surface area (Å²) in [6, 6.07) is 1.88. The van der Waals surface area contributed by atoms with Crippen LogP contribution in [0.2, 0.25) is 0 Å². The molecule has 0 unspecified atom stereocenters. The molecule has 1 atom stereocenters. The number of sulfone groups is 1. The first-order chi connectivity index (χ1) is 8.07. The lowest BCUT2D eigenvalue weighted by Crippen LogP contribution is -2.27. The summed E-state index contributed by atoms with van der Waals surface area (Å²) in [6.07, 6.45) is 1.93. The Bertz CT molecular complexity index is 520. The third kappa shape index (κ3) is 3.37. The van der Waals surface area contributed by atoms with Crippen molar-refractivity contribution in [2.45, 2.75) is 6.42 Å². The molecule has 1 fully saturated rings. The van der Waals surface area contributed by atoms with Crippen molar-refractivity contribution in [1.29, 1.82) is 0 Å². The molecule has 0 saturated carbocycles. The maximum absolute atomic E-state index is 11.6. The van der Waals surface area contributed by atoms with E-state index in [1.807, 2.05) is 16.8 Å². The van der Waals surface area contributed by atoms with E-state index in [9.17, 15) is 13.2 Å². The minimum absolute atomic E-state index is 0.0627. The Hall–Kier alpha value is -1.21. The molecule has 2 rings (SSSR count). The molecular weight excluding hydrogens is 260 g/mol. The normalized spacial score (nSPS) is 22.9. The number of nitrogens with one attached hydrogen (secondary N) is 1. The number of rotatable bonds is 3. The van der Waals surface area contributed by atoms with E-state index in [2.05, 4.69) is 10.5 Å². The van der Waals surface area contributed by atoms with Crippen molar-refractivity contribution in [2.75, 3.05) is 11.5 Å². The molecule has 2 heterocycles. The standard InChI is InChI=1S/C10H12N2O3S2/c13-10(9-2-4-17(14,15)7-9)12-11-5-8-1-3-16-6-8/h1,3,5-6,9H,2,4,7H2,(H,12,13)/b11-5-/t9-/m1/s1. The maximum Gasteiger partial charge on any atom is 0.244 e. The number of hydrogen-bond donors (Lipinski definition) is 1. The monoisotopic (exact) mass is 272 g/mol. The molecule has 1 aliphatic rings. The quantitative estimate of drug-likeness (QED) is 0.648. The molecule has 0 spiro atoms. The molecule has 1 N–H and O–H groups in total. The van der Waals surface area contributed by atoms with Crippen LogP contribution in [0.5, 0.6) is 0 Å². The molecule has 1 amide bonds. The highest BCUT2D eigenvalue weighted by Crippen LogP contribution is 2.18. The molecule has 7 heteroatoms. The lowest BCUT2D eigenvalue weighted by molar-refractivity contribution is -0.124. The lowest BCUT2D eigenvalue weighted by atomic mass is 10.1. The van der Waals surface area contributed by atoms with Gasteiger partial charge < -0.3 is 0 Å². The van der Waals surface area contributed by atoms with Gasteiger partial charge in [-0.05, 0) is 23.2 Å². The molecular formula is C10H12N2O3S2. The molecule has 1 aromatic heterocycles. The molecule has 1 aromatic rings. The van der Waals surface area contributed by atoms with Crippen LogP contribution >= 0.6 is 11.3 Å². The zero-order chi connectivity index (χ0) is 12.3. The van der Waals surface area contributed by atoms with Crippen molar-refractivity contribution < 1.29 is 13.2 Å². The zero-order valence-corrected chi connectivity index (χ0v) is 10.6. The Morgan fingerprint density at radius 2 is 2.41 bits per heavy atom. The smallest absolute Gasteiger partial charge is 0.244 e. The van der Waals surface area contributed by atoms with Crippen LogP contribution in [0.25, 0.3) is 0 Å². The fraction of sp³-hybridized carbons (Fsp3) is 0.400. The summed E-state index contributed by atoms with van der Waals surface area (Å²) in [4.78, 5) is 11.6. The molecule has 92 valence electrons. The fourth-order valence-electron chi connectivity index (χ4n) is 1.61. The predicted octanol–water partition coefficient (Wildman–Crippen LogP) is 0.633. The summed E-state index contributed by atoms with van der Waals surface area (Å²) >= 11 is 1.54. The number of carbonyl (C=O) groups is 1. The van der Waals surface area contributed by atoms with Gasteiger partial charge in [0.15, 0.2) is 9.84 Å². The van der Waals surface area contributed by atoms with Crippen LogP contribution in [0.3, 0.4) is 0 Å². The highest BCUT2D eigenvalue weighted by atomic mass is 32.2. The van der Waals surface area contributed by atoms with Crippen molar-refractivity contribution in [3.8, 4) is 0 Å². The second kappa shape index (κ2) is 4.97. The van der Waals surface area contributed by atoms with Crippen molar-refractivity contribution >= 4 is 33.3 Å². The Labute approximate surface area is 103 Å². The number of nitrogens with zero attached hydrogens (tertiary/aromatic N) is 1. The fourth-order valence-corrected chi connectivity index (χ4v) is 3.96. The Kier molecular flexibility index (Phi) is 3.58. The number of thiophene rings is 1. The Morgan fingerprint density at radius 3 is 3.00 bits per heavy atom. The number of amides is 1. The van der Waals surface area contributed by atoms with E-state index < -0.39 is 15.8 Å². The molecule has 1 saturated heterocycles. The van der Waals surface area contributed by atoms with Crippen molar-refractivity contribution in [3.63, 3.8) is 0 Å². The summed E-state index contributed by atoms with van der Waals surface area (Å²) in [5.41, 5.74) is 3.28. The lowest BCUT2D eigenvalue weighted by Gasteiger charge is -2.04. The summed E-state index contributed by atoms with van der Waals surface area (Å²) < 4.78 is 22.4. The van der Waals surface area contributed by atoms with E-state index >= 15 is 0 Å². The van der Waals surface area contributed by atoms with E-state index in [4.69, 9.17) is 0 Å². The minimum atomic E-state index is -3.02. The van der Waals surface area contributed by atoms with Crippen LogP contribution in [0, 0.1) is 5.92 Å². The SMILES string of the molecule is O=C(N/N=C\c1ccsc1)[C@@H]1CCS(=O)(=O)C1. The molecule has 0 radical (unpaired) electrons. The average molecular weight is 272 g/mol. The highest BCUT2D eigenvalue weighted by Gasteiger charge is 2.32. The Balaban J connectivity index is 1.86. The van der Waals surface area contributed by atoms with Crippen molar-refractivity contribution in [1.82, 2.24) is 5.43 Å². The third-order valence-corrected chi connectivity index (χ3v) is 5.00. The van der Waals surface area contributed by atoms with Gasteiger partial charge in [-0.2, -0.15) is 16.4 Å². The van der Waals surface area contributed by atoms with E-state index in [0.29, 0.717) is 6.42 Å². The summed E-state index contributed by atoms with van der Waals surface area (Å²) in [5.74, 6) is -0.747. The van der Waals surface area contributed by atoms with Gasteiger partial charge in [-0.3, -0.25) is 4.79 Å². The van der Waals surface area contributed by atoms with Gasteiger partial charge in [0.05, 0.1) is 23.6 Å². The molecule has 0 aliphatic carbocycles. The van der Waals surface area contributed by atoms with E-state index in [-0.39, 0.29) is 17.4 Å². The molecule has 0 aromatic carbocycles.